The number of rotatable bonds is 3. The van der Waals surface area contributed by atoms with E-state index in [1.165, 1.54) is 25.0 Å². The van der Waals surface area contributed by atoms with Crippen LogP contribution in [0, 0.1) is 0 Å². The minimum absolute atomic E-state index is 0.208. The summed E-state index contributed by atoms with van der Waals surface area (Å²) in [5.74, 6) is 0. The van der Waals surface area contributed by atoms with Gasteiger partial charge in [-0.15, -0.1) is 22.7 Å². The molecule has 0 fully saturated rings. The molecule has 1 nitrogen and oxygen atoms in total. The molecule has 1 atom stereocenters. The second kappa shape index (κ2) is 5.66. The molecule has 1 aromatic carbocycles. The molecule has 2 aromatic heterocycles. The van der Waals surface area contributed by atoms with E-state index in [0.717, 1.165) is 3.79 Å². The second-order valence-corrected chi connectivity index (χ2v) is 8.85. The number of thiophene rings is 2. The van der Waals surface area contributed by atoms with E-state index in [1.54, 1.807) is 22.7 Å². The zero-order valence-corrected chi connectivity index (χ0v) is 14.9. The van der Waals surface area contributed by atoms with Crippen LogP contribution >= 0.6 is 54.5 Å². The van der Waals surface area contributed by atoms with Crippen molar-refractivity contribution in [2.24, 2.45) is 0 Å². The maximum absolute atomic E-state index is 3.66. The van der Waals surface area contributed by atoms with E-state index < -0.39 is 0 Å². The Morgan fingerprint density at radius 3 is 2.68 bits per heavy atom. The minimum Gasteiger partial charge on any atom is -0.309 e. The van der Waals surface area contributed by atoms with Gasteiger partial charge in [0, 0.05) is 4.70 Å². The molecule has 0 amide bonds. The Labute approximate surface area is 136 Å². The molecule has 0 aliphatic carbocycles. The first-order valence-corrected chi connectivity index (χ1v) is 9.07. The molecular weight excluding hydrogens is 406 g/mol. The summed E-state index contributed by atoms with van der Waals surface area (Å²) in [4.78, 5) is 0. The van der Waals surface area contributed by atoms with Gasteiger partial charge in [0.05, 0.1) is 13.6 Å². The molecule has 19 heavy (non-hydrogen) atoms. The lowest BCUT2D eigenvalue weighted by molar-refractivity contribution is 0.697. The van der Waals surface area contributed by atoms with Crippen LogP contribution in [-0.4, -0.2) is 7.05 Å². The van der Waals surface area contributed by atoms with Crippen LogP contribution in [0.1, 0.15) is 17.2 Å². The van der Waals surface area contributed by atoms with Gasteiger partial charge in [-0.25, -0.2) is 0 Å². The van der Waals surface area contributed by atoms with Crippen LogP contribution in [-0.2, 0) is 0 Å². The normalized spacial score (nSPS) is 13.0. The fourth-order valence-corrected chi connectivity index (χ4v) is 6.12. The van der Waals surface area contributed by atoms with Crippen molar-refractivity contribution in [3.05, 3.63) is 54.4 Å². The summed E-state index contributed by atoms with van der Waals surface area (Å²) in [6.45, 7) is 0. The van der Waals surface area contributed by atoms with Crippen LogP contribution in [0.4, 0.5) is 0 Å². The molecule has 0 aliphatic heterocycles. The van der Waals surface area contributed by atoms with Gasteiger partial charge in [0.15, 0.2) is 0 Å². The van der Waals surface area contributed by atoms with Crippen molar-refractivity contribution in [1.29, 1.82) is 0 Å². The van der Waals surface area contributed by atoms with Gasteiger partial charge in [-0.2, -0.15) is 0 Å². The Morgan fingerprint density at radius 2 is 2.00 bits per heavy atom. The largest absolute Gasteiger partial charge is 0.309 e. The molecule has 5 heteroatoms. The number of nitrogens with one attached hydrogen (secondary N) is 1. The monoisotopic (exact) mass is 415 g/mol. The molecule has 98 valence electrons. The Balaban J connectivity index is 2.17. The Bertz CT molecular complexity index is 717. The van der Waals surface area contributed by atoms with Crippen molar-refractivity contribution in [1.82, 2.24) is 5.32 Å². The van der Waals surface area contributed by atoms with Gasteiger partial charge in [0.25, 0.3) is 0 Å². The molecule has 3 rings (SSSR count). The van der Waals surface area contributed by atoms with Crippen LogP contribution in [0.15, 0.2) is 43.3 Å². The van der Waals surface area contributed by atoms with Gasteiger partial charge in [0.2, 0.25) is 0 Å². The summed E-state index contributed by atoms with van der Waals surface area (Å²) >= 11 is 10.7. The molecule has 3 aromatic rings. The number of fused-ring (bicyclic) bond motifs is 1. The van der Waals surface area contributed by atoms with E-state index in [-0.39, 0.29) is 6.04 Å². The molecule has 2 heterocycles. The summed E-state index contributed by atoms with van der Waals surface area (Å²) in [7, 11) is 2.01. The summed E-state index contributed by atoms with van der Waals surface area (Å²) in [6.07, 6.45) is 0. The van der Waals surface area contributed by atoms with E-state index in [9.17, 15) is 0 Å². The molecule has 0 saturated carbocycles. The van der Waals surface area contributed by atoms with Gasteiger partial charge in [-0.1, -0.05) is 18.2 Å². The van der Waals surface area contributed by atoms with E-state index >= 15 is 0 Å². The van der Waals surface area contributed by atoms with Gasteiger partial charge < -0.3 is 5.32 Å². The lowest BCUT2D eigenvalue weighted by Crippen LogP contribution is -2.17. The van der Waals surface area contributed by atoms with E-state index in [1.807, 2.05) is 7.05 Å². The quantitative estimate of drug-likeness (QED) is 0.569. The third-order valence-corrected chi connectivity index (χ3v) is 6.47. The fraction of sp³-hybridized carbons (Fsp3) is 0.143. The molecule has 1 N–H and O–H groups in total. The van der Waals surface area contributed by atoms with Gasteiger partial charge in [-0.05, 0) is 72.9 Å². The maximum Gasteiger partial charge on any atom is 0.0761 e. The predicted octanol–water partition coefficient (Wildman–Crippen LogP) is 5.80. The number of hydrogen-bond donors (Lipinski definition) is 1. The van der Waals surface area contributed by atoms with Gasteiger partial charge >= 0.3 is 0 Å². The molecule has 0 radical (unpaired) electrons. The van der Waals surface area contributed by atoms with Gasteiger partial charge in [-0.3, -0.25) is 0 Å². The molecule has 0 aliphatic rings. The smallest absolute Gasteiger partial charge is 0.0761 e. The Hall–Kier alpha value is -0.200. The Morgan fingerprint density at radius 1 is 1.16 bits per heavy atom. The molecule has 0 spiro atoms. The molecule has 0 saturated heterocycles. The van der Waals surface area contributed by atoms with Crippen LogP contribution < -0.4 is 5.32 Å². The van der Waals surface area contributed by atoms with Crippen molar-refractivity contribution in [3.8, 4) is 0 Å². The third-order valence-electron chi connectivity index (χ3n) is 3.10. The predicted molar refractivity (Wildman–Crippen MR) is 92.4 cm³/mol. The van der Waals surface area contributed by atoms with Gasteiger partial charge in [0.1, 0.15) is 0 Å². The van der Waals surface area contributed by atoms with Crippen molar-refractivity contribution < 1.29 is 0 Å². The molecule has 0 bridgehead atoms. The second-order valence-electron chi connectivity index (χ2n) is 4.19. The topological polar surface area (TPSA) is 12.0 Å². The number of hydrogen-bond acceptors (Lipinski definition) is 3. The fourth-order valence-electron chi connectivity index (χ4n) is 2.27. The summed E-state index contributed by atoms with van der Waals surface area (Å²) in [5, 5.41) is 6.90. The Kier molecular flexibility index (Phi) is 4.10. The highest BCUT2D eigenvalue weighted by Gasteiger charge is 2.19. The summed E-state index contributed by atoms with van der Waals surface area (Å²) < 4.78 is 3.68. The van der Waals surface area contributed by atoms with Crippen molar-refractivity contribution in [2.45, 2.75) is 6.04 Å². The summed E-state index contributed by atoms with van der Waals surface area (Å²) in [5.41, 5.74) is 2.61. The third kappa shape index (κ3) is 2.54. The van der Waals surface area contributed by atoms with Crippen molar-refractivity contribution in [2.75, 3.05) is 7.05 Å². The average Bonchev–Trinajstić information content (AvgIpc) is 2.98. The van der Waals surface area contributed by atoms with Crippen LogP contribution in [0.5, 0.6) is 0 Å². The lowest BCUT2D eigenvalue weighted by atomic mass is 10.0. The van der Waals surface area contributed by atoms with Crippen LogP contribution in [0.25, 0.3) is 10.1 Å². The van der Waals surface area contributed by atoms with E-state index in [2.05, 4.69) is 72.9 Å². The first-order valence-electron chi connectivity index (χ1n) is 5.79. The van der Waals surface area contributed by atoms with Crippen LogP contribution in [0.3, 0.4) is 0 Å². The molecular formula is C14H11Br2NS2. The zero-order chi connectivity index (χ0) is 13.4. The van der Waals surface area contributed by atoms with E-state index in [0.29, 0.717) is 0 Å². The molecule has 1 unspecified atom stereocenters. The van der Waals surface area contributed by atoms with Crippen molar-refractivity contribution >= 4 is 64.6 Å². The SMILES string of the molecule is CNC(c1cc(Br)sc1Br)c1cccc2ccsc12. The minimum atomic E-state index is 0.208. The number of benzene rings is 1. The maximum atomic E-state index is 3.66. The highest BCUT2D eigenvalue weighted by atomic mass is 79.9. The standard InChI is InChI=1S/C14H11Br2NS2/c1-17-12(10-7-11(15)19-14(10)16)9-4-2-3-8-5-6-18-13(8)9/h2-7,12,17H,1H3. The highest BCUT2D eigenvalue weighted by molar-refractivity contribution is 9.12. The zero-order valence-electron chi connectivity index (χ0n) is 10.1. The van der Waals surface area contributed by atoms with Crippen LogP contribution in [0.2, 0.25) is 0 Å². The first kappa shape index (κ1) is 13.8. The number of halogens is 2. The highest BCUT2D eigenvalue weighted by Crippen LogP contribution is 2.40. The first-order chi connectivity index (χ1) is 9.20. The summed E-state index contributed by atoms with van der Waals surface area (Å²) in [6, 6.07) is 11.1. The van der Waals surface area contributed by atoms with E-state index in [4.69, 9.17) is 0 Å². The van der Waals surface area contributed by atoms with Crippen molar-refractivity contribution in [3.63, 3.8) is 0 Å². The lowest BCUT2D eigenvalue weighted by Gasteiger charge is -2.17. The average molecular weight is 417 g/mol.